The Morgan fingerprint density at radius 2 is 1.69 bits per heavy atom. The molecule has 0 radical (unpaired) electrons. The smallest absolute Gasteiger partial charge is 0.410 e. The topological polar surface area (TPSA) is 114 Å². The Hall–Kier alpha value is -4.15. The fraction of sp³-hybridized carbons (Fsp3) is 0.516. The zero-order chi connectivity index (χ0) is 34.9. The van der Waals surface area contributed by atoms with Gasteiger partial charge in [-0.2, -0.15) is 9.50 Å². The van der Waals surface area contributed by atoms with Crippen molar-refractivity contribution in [1.82, 2.24) is 24.1 Å². The molecule has 2 aliphatic carbocycles. The number of benzene rings is 1. The summed E-state index contributed by atoms with van der Waals surface area (Å²) in [7, 11) is -9.88. The van der Waals surface area contributed by atoms with Crippen molar-refractivity contribution >= 4 is 44.9 Å². The molecule has 2 fully saturated rings. The van der Waals surface area contributed by atoms with E-state index in [0.717, 1.165) is 37.0 Å². The van der Waals surface area contributed by atoms with Crippen molar-refractivity contribution < 1.29 is 33.8 Å². The van der Waals surface area contributed by atoms with Crippen LogP contribution in [0.2, 0.25) is 0 Å². The number of allylic oxidation sites excluding steroid dienone is 2. The molecule has 17 heteroatoms. The number of fused-ring (bicyclic) bond motifs is 3. The number of ether oxygens (including phenoxy) is 1. The van der Waals surface area contributed by atoms with Crippen LogP contribution in [-0.2, 0) is 22.5 Å². The minimum absolute atomic E-state index is 0.117. The third kappa shape index (κ3) is 6.73. The molecule has 2 unspecified atom stereocenters. The summed E-state index contributed by atoms with van der Waals surface area (Å²) in [6.07, 6.45) is 5.04. The number of aromatic nitrogens is 4. The summed E-state index contributed by atoms with van der Waals surface area (Å²) in [6, 6.07) is 1.99. The third-order valence-corrected chi connectivity index (χ3v) is 10.0. The van der Waals surface area contributed by atoms with E-state index in [2.05, 4.69) is 16.5 Å². The number of halogens is 5. The van der Waals surface area contributed by atoms with Crippen LogP contribution in [0.3, 0.4) is 0 Å². The van der Waals surface area contributed by atoms with Gasteiger partial charge in [0.1, 0.15) is 22.7 Å². The Morgan fingerprint density at radius 3 is 2.23 bits per heavy atom. The minimum atomic E-state index is -9.88. The molecule has 1 N–H and O–H groups in total. The van der Waals surface area contributed by atoms with E-state index < -0.39 is 44.8 Å². The van der Waals surface area contributed by atoms with Crippen molar-refractivity contribution in [3.63, 3.8) is 0 Å². The van der Waals surface area contributed by atoms with E-state index in [0.29, 0.717) is 42.6 Å². The second-order valence-electron chi connectivity index (χ2n) is 13.6. The maximum absolute atomic E-state index is 14.1. The van der Waals surface area contributed by atoms with Gasteiger partial charge in [-0.05, 0) is 88.1 Å². The van der Waals surface area contributed by atoms with E-state index >= 15 is 0 Å². The number of carbonyl (C=O) groups excluding carboxylic acids is 2. The highest BCUT2D eigenvalue weighted by Crippen LogP contribution is 3.02. The average Bonchev–Trinajstić information content (AvgIpc) is 3.73. The molecule has 6 rings (SSSR count). The number of nitrogens with zero attached hydrogens (tertiary/aromatic N) is 6. The van der Waals surface area contributed by atoms with Crippen LogP contribution >= 0.6 is 10.2 Å². The van der Waals surface area contributed by atoms with E-state index in [1.165, 1.54) is 4.52 Å². The minimum Gasteiger partial charge on any atom is -0.444 e. The van der Waals surface area contributed by atoms with Crippen molar-refractivity contribution in [2.45, 2.75) is 70.4 Å². The van der Waals surface area contributed by atoms with Gasteiger partial charge < -0.3 is 24.4 Å². The van der Waals surface area contributed by atoms with Crippen LogP contribution in [0.5, 0.6) is 0 Å². The van der Waals surface area contributed by atoms with Gasteiger partial charge in [0, 0.05) is 31.9 Å². The van der Waals surface area contributed by atoms with E-state index in [4.69, 9.17) is 9.72 Å². The highest BCUT2D eigenvalue weighted by molar-refractivity contribution is 8.45. The Labute approximate surface area is 273 Å². The molecule has 262 valence electrons. The van der Waals surface area contributed by atoms with Crippen LogP contribution in [-0.4, -0.2) is 67.8 Å². The fourth-order valence-corrected chi connectivity index (χ4v) is 7.38. The Bertz CT molecular complexity index is 1880. The Balaban J connectivity index is 1.34. The first-order chi connectivity index (χ1) is 22.2. The Morgan fingerprint density at radius 1 is 1.02 bits per heavy atom. The van der Waals surface area contributed by atoms with Crippen molar-refractivity contribution in [3.05, 3.63) is 52.2 Å². The molecule has 3 aliphatic rings. The normalized spacial score (nSPS) is 21.2. The predicted molar refractivity (Wildman–Crippen MR) is 172 cm³/mol. The maximum atomic E-state index is 14.1. The standard InChI is InChI=1S/C31H38F5N7O4S/c1-5-24-26(40-12-14-41(15-13-40)30(46)47-31(2,3)4)28(45)43-29(38-27(39-43)23-17-19-6-7-20(23)16-19)42(24)18-25(44)37-21-8-10-22(11-9-21)48(32,33,34,35)36/h8-11,17,19-20H,5-7,12-16,18H2,1-4H3,(H,37,44). The largest absolute Gasteiger partial charge is 0.444 e. The summed E-state index contributed by atoms with van der Waals surface area (Å²) in [5.41, 5.74) is 0.506. The highest BCUT2D eigenvalue weighted by atomic mass is 32.5. The fourth-order valence-electron chi connectivity index (χ4n) is 6.73. The van der Waals surface area contributed by atoms with Crippen LogP contribution in [0.1, 0.15) is 58.5 Å². The van der Waals surface area contributed by atoms with Gasteiger partial charge in [-0.15, -0.1) is 5.10 Å². The molecule has 1 aliphatic heterocycles. The number of carbonyl (C=O) groups is 2. The van der Waals surface area contributed by atoms with Crippen molar-refractivity contribution in [3.8, 4) is 0 Å². The second kappa shape index (κ2) is 10.9. The lowest BCUT2D eigenvalue weighted by molar-refractivity contribution is -0.116. The summed E-state index contributed by atoms with van der Waals surface area (Å²) in [4.78, 5) is 46.2. The van der Waals surface area contributed by atoms with Crippen LogP contribution in [0.25, 0.3) is 11.4 Å². The number of hydrogen-bond donors (Lipinski definition) is 1. The zero-order valence-corrected chi connectivity index (χ0v) is 27.8. The SMILES string of the molecule is CCc1c(N2CCN(C(=O)OC(C)(C)C)CC2)c(=O)n2nc(C3=CC4CCC3C4)nc2n1CC(=O)Nc1ccc(S(F)(F)(F)(F)F)cc1. The van der Waals surface area contributed by atoms with Crippen LogP contribution in [0.15, 0.2) is 40.0 Å². The lowest BCUT2D eigenvalue weighted by Crippen LogP contribution is -2.51. The van der Waals surface area contributed by atoms with Crippen molar-refractivity contribution in [2.75, 3.05) is 36.4 Å². The number of amides is 2. The molecule has 2 amide bonds. The molecule has 11 nitrogen and oxygen atoms in total. The number of anilines is 2. The average molecular weight is 700 g/mol. The lowest BCUT2D eigenvalue weighted by Gasteiger charge is -2.40. The number of rotatable bonds is 7. The molecule has 48 heavy (non-hydrogen) atoms. The second-order valence-corrected chi connectivity index (χ2v) is 16.0. The van der Waals surface area contributed by atoms with E-state index in [-0.39, 0.29) is 42.6 Å². The number of piperazine rings is 1. The molecule has 2 aromatic heterocycles. The third-order valence-electron chi connectivity index (χ3n) is 8.88. The van der Waals surface area contributed by atoms with Gasteiger partial charge in [0.25, 0.3) is 5.56 Å². The summed E-state index contributed by atoms with van der Waals surface area (Å²) in [5, 5.41) is 7.08. The van der Waals surface area contributed by atoms with E-state index in [1.54, 1.807) is 30.2 Å². The molecular weight excluding hydrogens is 661 g/mol. The number of hydrogen-bond acceptors (Lipinski definition) is 7. The molecule has 1 saturated carbocycles. The monoisotopic (exact) mass is 699 g/mol. The van der Waals surface area contributed by atoms with Gasteiger partial charge in [-0.25, -0.2) is 4.79 Å². The molecule has 1 saturated heterocycles. The van der Waals surface area contributed by atoms with Gasteiger partial charge in [0.15, 0.2) is 5.82 Å². The van der Waals surface area contributed by atoms with Crippen LogP contribution in [0, 0.1) is 11.8 Å². The first-order valence-electron chi connectivity index (χ1n) is 15.8. The van der Waals surface area contributed by atoms with Gasteiger partial charge in [-0.1, -0.05) is 32.4 Å². The molecule has 3 aromatic rings. The number of nitrogens with one attached hydrogen (secondary N) is 1. The molecule has 0 spiro atoms. The first-order valence-corrected chi connectivity index (χ1v) is 17.8. The highest BCUT2D eigenvalue weighted by Gasteiger charge is 2.65. The quantitative estimate of drug-likeness (QED) is 0.276. The first kappa shape index (κ1) is 33.7. The van der Waals surface area contributed by atoms with Crippen LogP contribution < -0.4 is 15.8 Å². The van der Waals surface area contributed by atoms with E-state index in [9.17, 15) is 33.8 Å². The summed E-state index contributed by atoms with van der Waals surface area (Å²) < 4.78 is 74.3. The van der Waals surface area contributed by atoms with Gasteiger partial charge >= 0.3 is 16.3 Å². The molecule has 1 aromatic carbocycles. The summed E-state index contributed by atoms with van der Waals surface area (Å²) >= 11 is 0. The van der Waals surface area contributed by atoms with Gasteiger partial charge in [0.05, 0.1) is 5.69 Å². The summed E-state index contributed by atoms with van der Waals surface area (Å²) in [6.45, 7) is 7.91. The molecule has 2 atom stereocenters. The van der Waals surface area contributed by atoms with Crippen molar-refractivity contribution in [2.24, 2.45) is 11.8 Å². The van der Waals surface area contributed by atoms with Gasteiger partial charge in [-0.3, -0.25) is 9.59 Å². The maximum Gasteiger partial charge on any atom is 0.410 e. The van der Waals surface area contributed by atoms with Crippen LogP contribution in [0.4, 0.5) is 35.6 Å². The molecular formula is C31H38F5N7O4S. The van der Waals surface area contributed by atoms with E-state index in [1.807, 2.05) is 11.8 Å². The Kier molecular flexibility index (Phi) is 7.69. The lowest BCUT2D eigenvalue weighted by atomic mass is 9.98. The zero-order valence-electron chi connectivity index (χ0n) is 27.0. The van der Waals surface area contributed by atoms with Crippen molar-refractivity contribution in [1.29, 1.82) is 0 Å². The molecule has 2 bridgehead atoms. The summed E-state index contributed by atoms with van der Waals surface area (Å²) in [5.74, 6) is 0.543. The predicted octanol–water partition coefficient (Wildman–Crippen LogP) is 6.62. The molecule has 3 heterocycles. The van der Waals surface area contributed by atoms with Gasteiger partial charge in [0.2, 0.25) is 11.7 Å².